The average molecular weight is 284 g/mol. The summed E-state index contributed by atoms with van der Waals surface area (Å²) in [4.78, 5) is 0. The Morgan fingerprint density at radius 2 is 2.11 bits per heavy atom. The molecule has 0 saturated carbocycles. The van der Waals surface area contributed by atoms with E-state index in [1.807, 2.05) is 6.07 Å². The van der Waals surface area contributed by atoms with Gasteiger partial charge in [0, 0.05) is 5.54 Å². The van der Waals surface area contributed by atoms with Crippen molar-refractivity contribution in [1.82, 2.24) is 5.32 Å². The zero-order valence-electron chi connectivity index (χ0n) is 11.8. The van der Waals surface area contributed by atoms with Gasteiger partial charge in [-0.3, -0.25) is 0 Å². The number of benzene rings is 1. The molecule has 1 atom stereocenters. The van der Waals surface area contributed by atoms with Gasteiger partial charge in [0.15, 0.2) is 0 Å². The molecular weight excluding hydrogens is 261 g/mol. The SMILES string of the molecule is CC(C)C1(Cc2ccc(Cl)c(F)c2)CCCCCN1. The van der Waals surface area contributed by atoms with Gasteiger partial charge in [-0.15, -0.1) is 0 Å². The standard InChI is InChI=1S/C16H23ClFN/c1-12(2)16(8-4-3-5-9-19-16)11-13-6-7-14(17)15(18)10-13/h6-7,10,12,19H,3-5,8-9,11H2,1-2H3. The largest absolute Gasteiger partial charge is 0.311 e. The molecule has 1 saturated heterocycles. The minimum Gasteiger partial charge on any atom is -0.311 e. The van der Waals surface area contributed by atoms with Crippen molar-refractivity contribution < 1.29 is 4.39 Å². The molecule has 1 aliphatic rings. The lowest BCUT2D eigenvalue weighted by molar-refractivity contribution is 0.226. The molecule has 0 spiro atoms. The van der Waals surface area contributed by atoms with E-state index in [1.165, 1.54) is 19.3 Å². The molecule has 1 fully saturated rings. The van der Waals surface area contributed by atoms with Gasteiger partial charge in [-0.1, -0.05) is 44.4 Å². The Morgan fingerprint density at radius 1 is 1.32 bits per heavy atom. The van der Waals surface area contributed by atoms with Crippen molar-refractivity contribution in [2.75, 3.05) is 6.54 Å². The quantitative estimate of drug-likeness (QED) is 0.856. The van der Waals surface area contributed by atoms with E-state index in [1.54, 1.807) is 12.1 Å². The van der Waals surface area contributed by atoms with Gasteiger partial charge in [0.1, 0.15) is 5.82 Å². The van der Waals surface area contributed by atoms with E-state index in [4.69, 9.17) is 11.6 Å². The molecule has 1 N–H and O–H groups in total. The molecule has 1 heterocycles. The van der Waals surface area contributed by atoms with Crippen LogP contribution in [0.2, 0.25) is 5.02 Å². The van der Waals surface area contributed by atoms with E-state index in [9.17, 15) is 4.39 Å². The zero-order valence-corrected chi connectivity index (χ0v) is 12.6. The van der Waals surface area contributed by atoms with Gasteiger partial charge >= 0.3 is 0 Å². The minimum absolute atomic E-state index is 0.0940. The highest BCUT2D eigenvalue weighted by Crippen LogP contribution is 2.31. The average Bonchev–Trinajstić information content (AvgIpc) is 2.60. The van der Waals surface area contributed by atoms with E-state index in [0.717, 1.165) is 24.9 Å². The summed E-state index contributed by atoms with van der Waals surface area (Å²) >= 11 is 5.76. The molecular formula is C16H23ClFN. The van der Waals surface area contributed by atoms with Crippen LogP contribution >= 0.6 is 11.6 Å². The first-order valence-corrected chi connectivity index (χ1v) is 7.60. The second-order valence-electron chi connectivity index (χ2n) is 5.97. The predicted molar refractivity (Wildman–Crippen MR) is 79.2 cm³/mol. The van der Waals surface area contributed by atoms with Crippen molar-refractivity contribution >= 4 is 11.6 Å². The van der Waals surface area contributed by atoms with Crippen LogP contribution in [-0.2, 0) is 6.42 Å². The summed E-state index contributed by atoms with van der Waals surface area (Å²) < 4.78 is 13.6. The summed E-state index contributed by atoms with van der Waals surface area (Å²) in [6, 6.07) is 5.19. The third-order valence-electron chi connectivity index (χ3n) is 4.39. The maximum atomic E-state index is 13.6. The summed E-state index contributed by atoms with van der Waals surface area (Å²) in [6.07, 6.45) is 5.81. The van der Waals surface area contributed by atoms with Crippen molar-refractivity contribution in [3.8, 4) is 0 Å². The maximum absolute atomic E-state index is 13.6. The van der Waals surface area contributed by atoms with Crippen LogP contribution in [0, 0.1) is 11.7 Å². The lowest BCUT2D eigenvalue weighted by Crippen LogP contribution is -2.51. The number of rotatable bonds is 3. The van der Waals surface area contributed by atoms with E-state index in [0.29, 0.717) is 5.92 Å². The van der Waals surface area contributed by atoms with Gasteiger partial charge in [0.25, 0.3) is 0 Å². The number of hydrogen-bond acceptors (Lipinski definition) is 1. The van der Waals surface area contributed by atoms with E-state index < -0.39 is 0 Å². The first kappa shape index (κ1) is 14.8. The summed E-state index contributed by atoms with van der Waals surface area (Å²) in [6.45, 7) is 5.57. The highest BCUT2D eigenvalue weighted by molar-refractivity contribution is 6.30. The Morgan fingerprint density at radius 3 is 2.79 bits per heavy atom. The van der Waals surface area contributed by atoms with Crippen LogP contribution in [0.5, 0.6) is 0 Å². The number of halogens is 2. The van der Waals surface area contributed by atoms with Gasteiger partial charge < -0.3 is 5.32 Å². The fourth-order valence-corrected chi connectivity index (χ4v) is 3.15. The van der Waals surface area contributed by atoms with Crippen LogP contribution < -0.4 is 5.32 Å². The normalized spacial score (nSPS) is 24.5. The minimum atomic E-state index is -0.313. The summed E-state index contributed by atoms with van der Waals surface area (Å²) in [5.74, 6) is 0.219. The Labute approximate surface area is 120 Å². The van der Waals surface area contributed by atoms with Crippen molar-refractivity contribution in [2.45, 2.75) is 51.5 Å². The zero-order chi connectivity index (χ0) is 13.9. The van der Waals surface area contributed by atoms with Gasteiger partial charge in [-0.2, -0.15) is 0 Å². The monoisotopic (exact) mass is 283 g/mol. The lowest BCUT2D eigenvalue weighted by atomic mass is 9.77. The number of hydrogen-bond donors (Lipinski definition) is 1. The second kappa shape index (κ2) is 6.23. The smallest absolute Gasteiger partial charge is 0.142 e. The highest BCUT2D eigenvalue weighted by atomic mass is 35.5. The lowest BCUT2D eigenvalue weighted by Gasteiger charge is -2.38. The Bertz CT molecular complexity index is 423. The van der Waals surface area contributed by atoms with Gasteiger partial charge in [0.2, 0.25) is 0 Å². The molecule has 1 unspecified atom stereocenters. The molecule has 0 aliphatic carbocycles. The number of nitrogens with one attached hydrogen (secondary N) is 1. The van der Waals surface area contributed by atoms with Crippen molar-refractivity contribution in [3.05, 3.63) is 34.6 Å². The molecule has 1 nitrogen and oxygen atoms in total. The van der Waals surface area contributed by atoms with Crippen LogP contribution in [0.3, 0.4) is 0 Å². The van der Waals surface area contributed by atoms with E-state index in [-0.39, 0.29) is 16.4 Å². The third-order valence-corrected chi connectivity index (χ3v) is 4.69. The molecule has 1 aromatic rings. The van der Waals surface area contributed by atoms with Crippen LogP contribution in [0.4, 0.5) is 4.39 Å². The highest BCUT2D eigenvalue weighted by Gasteiger charge is 2.34. The third kappa shape index (κ3) is 3.49. The topological polar surface area (TPSA) is 12.0 Å². The molecule has 0 amide bonds. The maximum Gasteiger partial charge on any atom is 0.142 e. The van der Waals surface area contributed by atoms with Crippen LogP contribution in [0.15, 0.2) is 18.2 Å². The predicted octanol–water partition coefficient (Wildman–Crippen LogP) is 4.58. The fourth-order valence-electron chi connectivity index (χ4n) is 3.03. The van der Waals surface area contributed by atoms with Gasteiger partial charge in [0.05, 0.1) is 5.02 Å². The van der Waals surface area contributed by atoms with Crippen molar-refractivity contribution in [2.24, 2.45) is 5.92 Å². The first-order chi connectivity index (χ1) is 9.03. The van der Waals surface area contributed by atoms with Crippen LogP contribution in [0.1, 0.15) is 45.1 Å². The molecule has 1 aromatic carbocycles. The second-order valence-corrected chi connectivity index (χ2v) is 6.38. The molecule has 19 heavy (non-hydrogen) atoms. The van der Waals surface area contributed by atoms with Gasteiger partial charge in [-0.25, -0.2) is 4.39 Å². The molecule has 106 valence electrons. The van der Waals surface area contributed by atoms with Crippen molar-refractivity contribution in [1.29, 1.82) is 0 Å². The molecule has 0 radical (unpaired) electrons. The van der Waals surface area contributed by atoms with Gasteiger partial charge in [-0.05, 0) is 49.4 Å². The van der Waals surface area contributed by atoms with E-state index >= 15 is 0 Å². The molecule has 0 aromatic heterocycles. The molecule has 2 rings (SSSR count). The summed E-state index contributed by atoms with van der Waals surface area (Å²) in [5.41, 5.74) is 1.13. The molecule has 0 bridgehead atoms. The Balaban J connectivity index is 2.22. The van der Waals surface area contributed by atoms with Crippen molar-refractivity contribution in [3.63, 3.8) is 0 Å². The molecule has 3 heteroatoms. The Kier molecular flexibility index (Phi) is 4.86. The van der Waals surface area contributed by atoms with E-state index in [2.05, 4.69) is 19.2 Å². The Hall–Kier alpha value is -0.600. The summed E-state index contributed by atoms with van der Waals surface area (Å²) in [7, 11) is 0. The van der Waals surface area contributed by atoms with Crippen LogP contribution in [0.25, 0.3) is 0 Å². The van der Waals surface area contributed by atoms with Crippen LogP contribution in [-0.4, -0.2) is 12.1 Å². The summed E-state index contributed by atoms with van der Waals surface area (Å²) in [5, 5.41) is 3.93. The first-order valence-electron chi connectivity index (χ1n) is 7.22. The fraction of sp³-hybridized carbons (Fsp3) is 0.625. The molecule has 1 aliphatic heterocycles.